The molecular weight excluding hydrogens is 409 g/mol. The van der Waals surface area contributed by atoms with E-state index in [0.717, 1.165) is 24.3 Å². The van der Waals surface area contributed by atoms with Gasteiger partial charge in [-0.2, -0.15) is 13.2 Å². The van der Waals surface area contributed by atoms with Crippen LogP contribution in [0, 0.1) is 0 Å². The topological polar surface area (TPSA) is 67.4 Å². The minimum Gasteiger partial charge on any atom is -0.492 e. The van der Waals surface area contributed by atoms with Gasteiger partial charge < -0.3 is 15.4 Å². The number of carbonyl (C=O) groups is 2. The number of nitrogens with one attached hydrogen (secondary N) is 2. The number of benzene rings is 2. The van der Waals surface area contributed by atoms with Crippen LogP contribution in [0.3, 0.4) is 0 Å². The molecule has 0 radical (unpaired) electrons. The number of carbonyl (C=O) groups excluding carboxylic acids is 2. The molecule has 0 aromatic heterocycles. The molecule has 0 heterocycles. The second-order valence-corrected chi connectivity index (χ2v) is 6.47. The van der Waals surface area contributed by atoms with Crippen molar-refractivity contribution in [2.45, 2.75) is 19.0 Å². The van der Waals surface area contributed by atoms with Gasteiger partial charge in [-0.25, -0.2) is 0 Å². The van der Waals surface area contributed by atoms with Gasteiger partial charge in [-0.15, -0.1) is 0 Å². The van der Waals surface area contributed by atoms with Crippen LogP contribution >= 0.6 is 11.6 Å². The molecule has 2 aromatic carbocycles. The highest BCUT2D eigenvalue weighted by Crippen LogP contribution is 2.29. The molecule has 0 bridgehead atoms. The first kappa shape index (κ1) is 22.5. The van der Waals surface area contributed by atoms with E-state index in [1.807, 2.05) is 0 Å². The Bertz CT molecular complexity index is 826. The van der Waals surface area contributed by atoms with Crippen molar-refractivity contribution in [3.05, 3.63) is 64.7 Å². The zero-order chi connectivity index (χ0) is 21.3. The van der Waals surface area contributed by atoms with E-state index in [1.54, 1.807) is 24.3 Å². The Hall–Kier alpha value is -2.74. The molecule has 2 N–H and O–H groups in total. The van der Waals surface area contributed by atoms with Crippen molar-refractivity contribution < 1.29 is 27.5 Å². The first-order chi connectivity index (χ1) is 13.8. The van der Waals surface area contributed by atoms with Crippen LogP contribution in [0.15, 0.2) is 48.5 Å². The summed E-state index contributed by atoms with van der Waals surface area (Å²) < 4.78 is 43.0. The maximum absolute atomic E-state index is 12.5. The Morgan fingerprint density at radius 2 is 1.62 bits per heavy atom. The molecule has 0 fully saturated rings. The molecule has 2 amide bonds. The highest BCUT2D eigenvalue weighted by atomic mass is 35.5. The van der Waals surface area contributed by atoms with Crippen LogP contribution in [0.5, 0.6) is 5.75 Å². The second kappa shape index (κ2) is 10.7. The van der Waals surface area contributed by atoms with Gasteiger partial charge in [-0.3, -0.25) is 9.59 Å². The fourth-order valence-corrected chi connectivity index (χ4v) is 2.55. The number of ether oxygens (including phenoxy) is 1. The van der Waals surface area contributed by atoms with E-state index in [4.69, 9.17) is 16.3 Å². The number of alkyl halides is 3. The van der Waals surface area contributed by atoms with Crippen LogP contribution < -0.4 is 15.4 Å². The molecule has 9 heteroatoms. The largest absolute Gasteiger partial charge is 0.492 e. The van der Waals surface area contributed by atoms with Gasteiger partial charge in [0.15, 0.2) is 0 Å². The summed E-state index contributed by atoms with van der Waals surface area (Å²) in [5, 5.41) is 5.68. The van der Waals surface area contributed by atoms with Crippen molar-refractivity contribution in [3.8, 4) is 5.75 Å². The van der Waals surface area contributed by atoms with Crippen LogP contribution in [0.25, 0.3) is 0 Å². The molecule has 156 valence electrons. The van der Waals surface area contributed by atoms with Gasteiger partial charge in [0.05, 0.1) is 17.2 Å². The molecule has 29 heavy (non-hydrogen) atoms. The van der Waals surface area contributed by atoms with E-state index in [9.17, 15) is 22.8 Å². The van der Waals surface area contributed by atoms with Gasteiger partial charge in [0.2, 0.25) is 5.91 Å². The lowest BCUT2D eigenvalue weighted by atomic mass is 10.1. The van der Waals surface area contributed by atoms with Crippen molar-refractivity contribution in [2.24, 2.45) is 0 Å². The van der Waals surface area contributed by atoms with Crippen molar-refractivity contribution in [3.63, 3.8) is 0 Å². The molecule has 2 rings (SSSR count). The Balaban J connectivity index is 1.60. The Labute approximate surface area is 171 Å². The fourth-order valence-electron chi connectivity index (χ4n) is 2.36. The summed E-state index contributed by atoms with van der Waals surface area (Å²) in [6.45, 7) is 0.695. The number of rotatable bonds is 9. The van der Waals surface area contributed by atoms with Crippen LogP contribution in [-0.2, 0) is 11.0 Å². The van der Waals surface area contributed by atoms with E-state index >= 15 is 0 Å². The lowest BCUT2D eigenvalue weighted by Gasteiger charge is -2.10. The van der Waals surface area contributed by atoms with Crippen molar-refractivity contribution >= 4 is 23.4 Å². The van der Waals surface area contributed by atoms with Crippen LogP contribution in [0.4, 0.5) is 13.2 Å². The number of halogens is 4. The van der Waals surface area contributed by atoms with Crippen molar-refractivity contribution in [1.29, 1.82) is 0 Å². The molecule has 0 spiro atoms. The lowest BCUT2D eigenvalue weighted by Crippen LogP contribution is -2.34. The standard InChI is InChI=1S/C20H20ClF3N2O3/c21-16-4-1-2-5-17(16)29-13-3-6-18(27)25-11-12-26-19(28)14-7-9-15(10-8-14)20(22,23)24/h1-2,4-5,7-10H,3,6,11-13H2,(H,25,27)(H,26,28). The van der Waals surface area contributed by atoms with E-state index in [-0.39, 0.29) is 31.0 Å². The number of hydrogen-bond donors (Lipinski definition) is 2. The second-order valence-electron chi connectivity index (χ2n) is 6.06. The lowest BCUT2D eigenvalue weighted by molar-refractivity contribution is -0.137. The van der Waals surface area contributed by atoms with E-state index in [2.05, 4.69) is 10.6 Å². The molecule has 0 aliphatic rings. The van der Waals surface area contributed by atoms with Gasteiger partial charge in [-0.05, 0) is 42.8 Å². The van der Waals surface area contributed by atoms with Crippen LogP contribution in [0.2, 0.25) is 5.02 Å². The SMILES string of the molecule is O=C(CCCOc1ccccc1Cl)NCCNC(=O)c1ccc(C(F)(F)F)cc1. The highest BCUT2D eigenvalue weighted by Gasteiger charge is 2.30. The first-order valence-corrected chi connectivity index (χ1v) is 9.24. The van der Waals surface area contributed by atoms with Gasteiger partial charge >= 0.3 is 6.18 Å². The van der Waals surface area contributed by atoms with E-state index < -0.39 is 17.6 Å². The Morgan fingerprint density at radius 3 is 2.28 bits per heavy atom. The van der Waals surface area contributed by atoms with Gasteiger partial charge in [-0.1, -0.05) is 23.7 Å². The van der Waals surface area contributed by atoms with Gasteiger partial charge in [0, 0.05) is 25.1 Å². The molecule has 0 aliphatic carbocycles. The molecule has 0 atom stereocenters. The van der Waals surface area contributed by atoms with E-state index in [0.29, 0.717) is 23.8 Å². The normalized spacial score (nSPS) is 11.0. The smallest absolute Gasteiger partial charge is 0.416 e. The Morgan fingerprint density at radius 1 is 0.966 bits per heavy atom. The minimum atomic E-state index is -4.45. The maximum Gasteiger partial charge on any atom is 0.416 e. The molecular formula is C20H20ClF3N2O3. The summed E-state index contributed by atoms with van der Waals surface area (Å²) in [5.74, 6) is -0.154. The zero-order valence-corrected chi connectivity index (χ0v) is 16.1. The molecule has 5 nitrogen and oxygen atoms in total. The molecule has 0 saturated carbocycles. The summed E-state index contributed by atoms with van der Waals surface area (Å²) in [6, 6.07) is 10.9. The summed E-state index contributed by atoms with van der Waals surface area (Å²) in [4.78, 5) is 23.6. The number of amides is 2. The first-order valence-electron chi connectivity index (χ1n) is 8.87. The average molecular weight is 429 g/mol. The predicted molar refractivity (Wildman–Crippen MR) is 103 cm³/mol. The van der Waals surface area contributed by atoms with Gasteiger partial charge in [0.1, 0.15) is 5.75 Å². The third-order valence-electron chi connectivity index (χ3n) is 3.85. The van der Waals surface area contributed by atoms with Crippen LogP contribution in [-0.4, -0.2) is 31.5 Å². The van der Waals surface area contributed by atoms with Gasteiger partial charge in [0.25, 0.3) is 5.91 Å². The van der Waals surface area contributed by atoms with Crippen LogP contribution in [0.1, 0.15) is 28.8 Å². The number of hydrogen-bond acceptors (Lipinski definition) is 3. The van der Waals surface area contributed by atoms with E-state index in [1.165, 1.54) is 0 Å². The summed E-state index contributed by atoms with van der Waals surface area (Å²) in [5.41, 5.74) is -0.708. The molecule has 0 saturated heterocycles. The van der Waals surface area contributed by atoms with Crippen molar-refractivity contribution in [1.82, 2.24) is 10.6 Å². The zero-order valence-electron chi connectivity index (χ0n) is 15.4. The monoisotopic (exact) mass is 428 g/mol. The minimum absolute atomic E-state index is 0.112. The molecule has 2 aromatic rings. The predicted octanol–water partition coefficient (Wildman–Crippen LogP) is 4.06. The third-order valence-corrected chi connectivity index (χ3v) is 4.16. The summed E-state index contributed by atoms with van der Waals surface area (Å²) in [7, 11) is 0. The maximum atomic E-state index is 12.5. The van der Waals surface area contributed by atoms with Crippen molar-refractivity contribution in [2.75, 3.05) is 19.7 Å². The third kappa shape index (κ3) is 7.65. The fraction of sp³-hybridized carbons (Fsp3) is 0.300. The average Bonchev–Trinajstić information content (AvgIpc) is 2.69. The Kier molecular flexibility index (Phi) is 8.33. The summed E-state index contributed by atoms with van der Waals surface area (Å²) in [6.07, 6.45) is -3.70. The number of para-hydroxylation sites is 1. The summed E-state index contributed by atoms with van der Waals surface area (Å²) >= 11 is 5.96. The molecule has 0 aliphatic heterocycles. The molecule has 0 unspecified atom stereocenters. The quantitative estimate of drug-likeness (QED) is 0.592. The highest BCUT2D eigenvalue weighted by molar-refractivity contribution is 6.32.